The minimum absolute atomic E-state index is 0.397. The van der Waals surface area contributed by atoms with Crippen LogP contribution < -0.4 is 4.90 Å². The van der Waals surface area contributed by atoms with Gasteiger partial charge in [-0.3, -0.25) is 4.79 Å². The molecular formula is C14H21N3O. The summed E-state index contributed by atoms with van der Waals surface area (Å²) >= 11 is 0. The number of aromatic nitrogens is 2. The van der Waals surface area contributed by atoms with Crippen molar-refractivity contribution in [3.63, 3.8) is 0 Å². The van der Waals surface area contributed by atoms with Crippen molar-refractivity contribution in [3.05, 3.63) is 18.1 Å². The summed E-state index contributed by atoms with van der Waals surface area (Å²) in [7, 11) is 2.07. The van der Waals surface area contributed by atoms with E-state index in [0.29, 0.717) is 24.7 Å². The van der Waals surface area contributed by atoms with E-state index in [4.69, 9.17) is 0 Å². The number of carbonyl (C=O) groups excluding carboxylic acids is 1. The van der Waals surface area contributed by atoms with Gasteiger partial charge in [0.25, 0.3) is 0 Å². The number of Topliss-reactive ketones (excluding diaryl/α,β-unsaturated/α-hetero) is 1. The molecule has 2 rings (SSSR count). The van der Waals surface area contributed by atoms with Crippen LogP contribution in [0.1, 0.15) is 44.7 Å². The Hall–Kier alpha value is -1.45. The lowest BCUT2D eigenvalue weighted by molar-refractivity contribution is -0.120. The highest BCUT2D eigenvalue weighted by Gasteiger charge is 2.23. The first-order valence-electron chi connectivity index (χ1n) is 6.76. The van der Waals surface area contributed by atoms with Crippen LogP contribution in [-0.2, 0) is 11.2 Å². The maximum atomic E-state index is 11.3. The van der Waals surface area contributed by atoms with Gasteiger partial charge in [-0.1, -0.05) is 13.3 Å². The fraction of sp³-hybridized carbons (Fsp3) is 0.643. The van der Waals surface area contributed by atoms with Crippen LogP contribution >= 0.6 is 0 Å². The van der Waals surface area contributed by atoms with Crippen molar-refractivity contribution in [2.45, 2.75) is 51.5 Å². The van der Waals surface area contributed by atoms with Crippen LogP contribution in [0.2, 0.25) is 0 Å². The average molecular weight is 247 g/mol. The SMILES string of the molecule is CCCc1cc(N(C)C2CCC(=O)CC2)ncn1. The van der Waals surface area contributed by atoms with Crippen LogP contribution in [0.3, 0.4) is 0 Å². The lowest BCUT2D eigenvalue weighted by Crippen LogP contribution is -2.35. The van der Waals surface area contributed by atoms with E-state index in [1.54, 1.807) is 6.33 Å². The lowest BCUT2D eigenvalue weighted by atomic mass is 9.93. The quantitative estimate of drug-likeness (QED) is 0.819. The van der Waals surface area contributed by atoms with Crippen molar-refractivity contribution in [2.24, 2.45) is 0 Å². The number of aryl methyl sites for hydroxylation is 1. The summed E-state index contributed by atoms with van der Waals surface area (Å²) in [5, 5.41) is 0. The first-order valence-corrected chi connectivity index (χ1v) is 6.76. The molecule has 0 unspecified atom stereocenters. The van der Waals surface area contributed by atoms with Gasteiger partial charge >= 0.3 is 0 Å². The van der Waals surface area contributed by atoms with E-state index in [1.807, 2.05) is 0 Å². The minimum Gasteiger partial charge on any atom is -0.357 e. The lowest BCUT2D eigenvalue weighted by Gasteiger charge is -2.31. The van der Waals surface area contributed by atoms with Crippen LogP contribution in [0.25, 0.3) is 0 Å². The van der Waals surface area contributed by atoms with Crippen molar-refractivity contribution < 1.29 is 4.79 Å². The summed E-state index contributed by atoms with van der Waals surface area (Å²) in [6.07, 6.45) is 7.05. The zero-order valence-corrected chi connectivity index (χ0v) is 11.2. The molecule has 0 bridgehead atoms. The minimum atomic E-state index is 0.397. The van der Waals surface area contributed by atoms with Crippen LogP contribution in [0.5, 0.6) is 0 Å². The second kappa shape index (κ2) is 5.94. The number of hydrogen-bond donors (Lipinski definition) is 0. The molecule has 0 aliphatic heterocycles. The molecule has 4 heteroatoms. The van der Waals surface area contributed by atoms with Gasteiger partial charge in [-0.2, -0.15) is 0 Å². The van der Waals surface area contributed by atoms with Crippen molar-refractivity contribution in [1.29, 1.82) is 0 Å². The number of anilines is 1. The van der Waals surface area contributed by atoms with Crippen molar-refractivity contribution in [2.75, 3.05) is 11.9 Å². The van der Waals surface area contributed by atoms with Crippen LogP contribution in [-0.4, -0.2) is 28.8 Å². The largest absolute Gasteiger partial charge is 0.357 e. The van der Waals surface area contributed by atoms with Gasteiger partial charge in [0.2, 0.25) is 0 Å². The van der Waals surface area contributed by atoms with E-state index in [2.05, 4.69) is 34.9 Å². The molecule has 98 valence electrons. The van der Waals surface area contributed by atoms with E-state index in [1.165, 1.54) is 0 Å². The second-order valence-electron chi connectivity index (χ2n) is 5.00. The molecule has 1 aromatic heterocycles. The topological polar surface area (TPSA) is 46.1 Å². The monoisotopic (exact) mass is 247 g/mol. The molecule has 0 spiro atoms. The van der Waals surface area contributed by atoms with E-state index in [-0.39, 0.29) is 0 Å². The van der Waals surface area contributed by atoms with E-state index >= 15 is 0 Å². The summed E-state index contributed by atoms with van der Waals surface area (Å²) in [6, 6.07) is 2.51. The van der Waals surface area contributed by atoms with Gasteiger partial charge in [-0.05, 0) is 19.3 Å². The standard InChI is InChI=1S/C14H21N3O/c1-3-4-11-9-14(16-10-15-11)17(2)12-5-7-13(18)8-6-12/h9-10,12H,3-8H2,1-2H3. The molecular weight excluding hydrogens is 226 g/mol. The fourth-order valence-corrected chi connectivity index (χ4v) is 2.47. The van der Waals surface area contributed by atoms with Gasteiger partial charge in [-0.25, -0.2) is 9.97 Å². The van der Waals surface area contributed by atoms with Crippen molar-refractivity contribution >= 4 is 11.6 Å². The molecule has 0 amide bonds. The Labute approximate surface area is 108 Å². The van der Waals surface area contributed by atoms with Crippen LogP contribution in [0.15, 0.2) is 12.4 Å². The summed E-state index contributed by atoms with van der Waals surface area (Å²) in [5.74, 6) is 1.38. The third kappa shape index (κ3) is 3.06. The van der Waals surface area contributed by atoms with Gasteiger partial charge in [0, 0.05) is 37.7 Å². The highest BCUT2D eigenvalue weighted by atomic mass is 16.1. The predicted molar refractivity (Wildman–Crippen MR) is 71.7 cm³/mol. The molecule has 0 atom stereocenters. The Kier molecular flexibility index (Phi) is 4.28. The molecule has 0 N–H and O–H groups in total. The molecule has 1 aliphatic carbocycles. The van der Waals surface area contributed by atoms with Crippen LogP contribution in [0.4, 0.5) is 5.82 Å². The smallest absolute Gasteiger partial charge is 0.133 e. The van der Waals surface area contributed by atoms with Gasteiger partial charge < -0.3 is 4.90 Å². The first kappa shape index (κ1) is 13.0. The highest BCUT2D eigenvalue weighted by Crippen LogP contribution is 2.23. The Morgan fingerprint density at radius 2 is 2.06 bits per heavy atom. The Morgan fingerprint density at radius 1 is 1.33 bits per heavy atom. The molecule has 1 aliphatic rings. The summed E-state index contributed by atoms with van der Waals surface area (Å²) in [4.78, 5) is 22.1. The summed E-state index contributed by atoms with van der Waals surface area (Å²) in [5.41, 5.74) is 1.10. The Balaban J connectivity index is 2.05. The molecule has 18 heavy (non-hydrogen) atoms. The Bertz CT molecular complexity index is 409. The van der Waals surface area contributed by atoms with Crippen molar-refractivity contribution in [1.82, 2.24) is 9.97 Å². The van der Waals surface area contributed by atoms with Crippen molar-refractivity contribution in [3.8, 4) is 0 Å². The van der Waals surface area contributed by atoms with E-state index in [0.717, 1.165) is 37.2 Å². The average Bonchev–Trinajstić information content (AvgIpc) is 2.39. The van der Waals surface area contributed by atoms with Gasteiger partial charge in [0.05, 0.1) is 0 Å². The molecule has 0 radical (unpaired) electrons. The fourth-order valence-electron chi connectivity index (χ4n) is 2.47. The molecule has 1 fully saturated rings. The molecule has 1 aromatic rings. The van der Waals surface area contributed by atoms with Crippen LogP contribution in [0, 0.1) is 0 Å². The van der Waals surface area contributed by atoms with Gasteiger partial charge in [0.1, 0.15) is 17.9 Å². The zero-order valence-electron chi connectivity index (χ0n) is 11.2. The van der Waals surface area contributed by atoms with Gasteiger partial charge in [-0.15, -0.1) is 0 Å². The maximum Gasteiger partial charge on any atom is 0.133 e. The number of hydrogen-bond acceptors (Lipinski definition) is 4. The molecule has 4 nitrogen and oxygen atoms in total. The zero-order chi connectivity index (χ0) is 13.0. The second-order valence-corrected chi connectivity index (χ2v) is 5.00. The predicted octanol–water partition coefficient (Wildman–Crippen LogP) is 2.38. The first-order chi connectivity index (χ1) is 8.70. The normalized spacial score (nSPS) is 16.9. The number of ketones is 1. The highest BCUT2D eigenvalue weighted by molar-refractivity contribution is 5.79. The maximum absolute atomic E-state index is 11.3. The third-order valence-electron chi connectivity index (χ3n) is 3.64. The Morgan fingerprint density at radius 3 is 2.72 bits per heavy atom. The third-order valence-corrected chi connectivity index (χ3v) is 3.64. The summed E-state index contributed by atoms with van der Waals surface area (Å²) < 4.78 is 0. The molecule has 0 aromatic carbocycles. The molecule has 1 heterocycles. The number of carbonyl (C=O) groups is 1. The van der Waals surface area contributed by atoms with Gasteiger partial charge in [0.15, 0.2) is 0 Å². The molecule has 1 saturated carbocycles. The number of nitrogens with zero attached hydrogens (tertiary/aromatic N) is 3. The van der Waals surface area contributed by atoms with E-state index in [9.17, 15) is 4.79 Å². The number of rotatable bonds is 4. The summed E-state index contributed by atoms with van der Waals surface area (Å²) in [6.45, 7) is 2.15. The van der Waals surface area contributed by atoms with E-state index < -0.39 is 0 Å². The molecule has 0 saturated heterocycles.